The Morgan fingerprint density at radius 2 is 1.70 bits per heavy atom. The molecule has 0 atom stereocenters. The van der Waals surface area contributed by atoms with Gasteiger partial charge in [-0.05, 0) is 30.2 Å². The molecule has 0 saturated heterocycles. The van der Waals surface area contributed by atoms with Crippen molar-refractivity contribution in [3.8, 4) is 5.75 Å². The number of halogens is 1. The van der Waals surface area contributed by atoms with Crippen LogP contribution in [0.2, 0.25) is 0 Å². The highest BCUT2D eigenvalue weighted by atomic mass is 35.5. The first-order valence-electron chi connectivity index (χ1n) is 7.40. The van der Waals surface area contributed by atoms with Crippen LogP contribution in [0.25, 0.3) is 0 Å². The van der Waals surface area contributed by atoms with E-state index in [1.54, 1.807) is 6.07 Å². The van der Waals surface area contributed by atoms with Crippen LogP contribution in [0.1, 0.15) is 36.1 Å². The van der Waals surface area contributed by atoms with Gasteiger partial charge in [0.15, 0.2) is 0 Å². The first-order chi connectivity index (χ1) is 10.9. The van der Waals surface area contributed by atoms with E-state index in [-0.39, 0.29) is 11.3 Å². The fourth-order valence-electron chi connectivity index (χ4n) is 2.44. The monoisotopic (exact) mass is 332 g/mol. The summed E-state index contributed by atoms with van der Waals surface area (Å²) >= 11 is 6.02. The normalized spacial score (nSPS) is 11.2. The Morgan fingerprint density at radius 1 is 1.09 bits per heavy atom. The maximum absolute atomic E-state index is 11.3. The van der Waals surface area contributed by atoms with Gasteiger partial charge in [0.25, 0.3) is 0 Å². The summed E-state index contributed by atoms with van der Waals surface area (Å²) in [6.07, 6.45) is -0.748. The Hall–Kier alpha value is -2.00. The average Bonchev–Trinajstić information content (AvgIpc) is 2.55. The molecule has 4 heteroatoms. The average molecular weight is 333 g/mol. The molecule has 0 aliphatic rings. The molecule has 2 rings (SSSR count). The van der Waals surface area contributed by atoms with Gasteiger partial charge < -0.3 is 9.47 Å². The number of alkyl halides is 1. The number of hydrogen-bond acceptors (Lipinski definition) is 3. The lowest BCUT2D eigenvalue weighted by molar-refractivity contribution is 0.121. The van der Waals surface area contributed by atoms with Crippen molar-refractivity contribution in [3.05, 3.63) is 64.7 Å². The second-order valence-corrected chi connectivity index (χ2v) is 6.27. The number of hydrogen-bond donors (Lipinski definition) is 0. The summed E-state index contributed by atoms with van der Waals surface area (Å²) in [6, 6.07) is 14.2. The SMILES string of the molecule is COC(=O)Oc1ccc(C(C)(C)c2ccc(C)cc2)cc1CCl. The molecule has 2 aromatic rings. The van der Waals surface area contributed by atoms with E-state index in [1.807, 2.05) is 12.1 Å². The van der Waals surface area contributed by atoms with Crippen LogP contribution in [0.4, 0.5) is 4.79 Å². The molecule has 0 heterocycles. The van der Waals surface area contributed by atoms with E-state index in [4.69, 9.17) is 16.3 Å². The van der Waals surface area contributed by atoms with E-state index in [9.17, 15) is 4.79 Å². The summed E-state index contributed by atoms with van der Waals surface area (Å²) in [6.45, 7) is 6.39. The molecule has 0 aliphatic heterocycles. The summed E-state index contributed by atoms with van der Waals surface area (Å²) in [5, 5.41) is 0. The molecule has 122 valence electrons. The van der Waals surface area contributed by atoms with Crippen LogP contribution in [0, 0.1) is 6.92 Å². The van der Waals surface area contributed by atoms with Crippen molar-refractivity contribution in [2.24, 2.45) is 0 Å². The maximum atomic E-state index is 11.3. The third-order valence-electron chi connectivity index (χ3n) is 4.06. The molecule has 0 amide bonds. The molecule has 0 aromatic heterocycles. The number of benzene rings is 2. The second-order valence-electron chi connectivity index (χ2n) is 6.00. The summed E-state index contributed by atoms with van der Waals surface area (Å²) in [4.78, 5) is 11.3. The van der Waals surface area contributed by atoms with E-state index in [1.165, 1.54) is 18.2 Å². The van der Waals surface area contributed by atoms with Gasteiger partial charge in [-0.1, -0.05) is 49.7 Å². The largest absolute Gasteiger partial charge is 0.513 e. The van der Waals surface area contributed by atoms with Crippen molar-refractivity contribution in [2.75, 3.05) is 7.11 Å². The third-order valence-corrected chi connectivity index (χ3v) is 4.35. The fourth-order valence-corrected chi connectivity index (χ4v) is 2.65. The maximum Gasteiger partial charge on any atom is 0.513 e. The van der Waals surface area contributed by atoms with Crippen molar-refractivity contribution in [3.63, 3.8) is 0 Å². The molecule has 0 radical (unpaired) electrons. The predicted octanol–water partition coefficient (Wildman–Crippen LogP) is 5.20. The zero-order valence-electron chi connectivity index (χ0n) is 13.9. The number of rotatable bonds is 4. The fraction of sp³-hybridized carbons (Fsp3) is 0.316. The van der Waals surface area contributed by atoms with E-state index < -0.39 is 6.16 Å². The van der Waals surface area contributed by atoms with Crippen molar-refractivity contribution in [2.45, 2.75) is 32.1 Å². The van der Waals surface area contributed by atoms with Crippen LogP contribution < -0.4 is 4.74 Å². The Balaban J connectivity index is 2.39. The van der Waals surface area contributed by atoms with E-state index in [0.29, 0.717) is 5.75 Å². The molecule has 0 spiro atoms. The number of methoxy groups -OCH3 is 1. The van der Waals surface area contributed by atoms with Gasteiger partial charge in [-0.25, -0.2) is 4.79 Å². The lowest BCUT2D eigenvalue weighted by Gasteiger charge is -2.27. The molecule has 0 aliphatic carbocycles. The van der Waals surface area contributed by atoms with E-state index >= 15 is 0 Å². The van der Waals surface area contributed by atoms with Crippen LogP contribution in [0.3, 0.4) is 0 Å². The standard InChI is InChI=1S/C19H21ClO3/c1-13-5-7-15(8-6-13)19(2,3)16-9-10-17(14(11-16)12-20)23-18(21)22-4/h5-11H,12H2,1-4H3. The van der Waals surface area contributed by atoms with Gasteiger partial charge in [-0.2, -0.15) is 0 Å². The molecule has 0 bridgehead atoms. The van der Waals surface area contributed by atoms with Crippen LogP contribution in [-0.2, 0) is 16.0 Å². The van der Waals surface area contributed by atoms with E-state index in [0.717, 1.165) is 11.1 Å². The Kier molecular flexibility index (Phi) is 5.32. The van der Waals surface area contributed by atoms with Crippen LogP contribution in [-0.4, -0.2) is 13.3 Å². The molecule has 23 heavy (non-hydrogen) atoms. The van der Waals surface area contributed by atoms with Gasteiger partial charge in [-0.3, -0.25) is 0 Å². The lowest BCUT2D eigenvalue weighted by atomic mass is 9.77. The highest BCUT2D eigenvalue weighted by molar-refractivity contribution is 6.17. The van der Waals surface area contributed by atoms with Crippen LogP contribution >= 0.6 is 11.6 Å². The molecular weight excluding hydrogens is 312 g/mol. The van der Waals surface area contributed by atoms with Crippen LogP contribution in [0.15, 0.2) is 42.5 Å². The Morgan fingerprint density at radius 3 is 2.26 bits per heavy atom. The Bertz CT molecular complexity index is 690. The summed E-state index contributed by atoms with van der Waals surface area (Å²) in [5.41, 5.74) is 4.13. The molecule has 2 aromatic carbocycles. The number of carbonyl (C=O) groups excluding carboxylic acids is 1. The highest BCUT2D eigenvalue weighted by Crippen LogP contribution is 2.34. The third kappa shape index (κ3) is 3.85. The Labute approximate surface area is 142 Å². The number of ether oxygens (including phenoxy) is 2. The molecule has 0 fully saturated rings. The van der Waals surface area contributed by atoms with Gasteiger partial charge >= 0.3 is 6.16 Å². The zero-order valence-corrected chi connectivity index (χ0v) is 14.6. The van der Waals surface area contributed by atoms with Gasteiger partial charge in [-0.15, -0.1) is 11.6 Å². The van der Waals surface area contributed by atoms with Gasteiger partial charge in [0.1, 0.15) is 5.75 Å². The molecular formula is C19H21ClO3. The predicted molar refractivity (Wildman–Crippen MR) is 92.3 cm³/mol. The molecule has 0 saturated carbocycles. The summed E-state index contributed by atoms with van der Waals surface area (Å²) in [7, 11) is 1.28. The minimum absolute atomic E-state index is 0.182. The van der Waals surface area contributed by atoms with Crippen molar-refractivity contribution in [1.29, 1.82) is 0 Å². The molecule has 3 nitrogen and oxygen atoms in total. The topological polar surface area (TPSA) is 35.5 Å². The van der Waals surface area contributed by atoms with Crippen molar-refractivity contribution < 1.29 is 14.3 Å². The van der Waals surface area contributed by atoms with Crippen LogP contribution in [0.5, 0.6) is 5.75 Å². The summed E-state index contributed by atoms with van der Waals surface area (Å²) in [5.74, 6) is 0.680. The number of aryl methyl sites for hydroxylation is 1. The smallest absolute Gasteiger partial charge is 0.437 e. The molecule has 0 N–H and O–H groups in total. The zero-order chi connectivity index (χ0) is 17.0. The first-order valence-corrected chi connectivity index (χ1v) is 7.94. The minimum atomic E-state index is -0.748. The summed E-state index contributed by atoms with van der Waals surface area (Å²) < 4.78 is 9.66. The second kappa shape index (κ2) is 7.05. The lowest BCUT2D eigenvalue weighted by Crippen LogP contribution is -2.19. The quantitative estimate of drug-likeness (QED) is 0.438. The first kappa shape index (κ1) is 17.4. The van der Waals surface area contributed by atoms with Crippen molar-refractivity contribution in [1.82, 2.24) is 0 Å². The number of carbonyl (C=O) groups is 1. The van der Waals surface area contributed by atoms with Crippen molar-refractivity contribution >= 4 is 17.8 Å². The van der Waals surface area contributed by atoms with E-state index in [2.05, 4.69) is 49.8 Å². The van der Waals surface area contributed by atoms with Gasteiger partial charge in [0, 0.05) is 11.0 Å². The molecule has 0 unspecified atom stereocenters. The highest BCUT2D eigenvalue weighted by Gasteiger charge is 2.24. The van der Waals surface area contributed by atoms with Gasteiger partial charge in [0.05, 0.1) is 13.0 Å². The minimum Gasteiger partial charge on any atom is -0.437 e. The van der Waals surface area contributed by atoms with Gasteiger partial charge in [0.2, 0.25) is 0 Å².